The van der Waals surface area contributed by atoms with Crippen LogP contribution in [0.25, 0.3) is 21.3 Å². The molecule has 2 heterocycles. The van der Waals surface area contributed by atoms with Crippen LogP contribution in [0.15, 0.2) is 23.6 Å². The number of fused-ring (bicyclic) bond motifs is 1. The Balaban J connectivity index is 1.60. The molecule has 0 spiro atoms. The highest BCUT2D eigenvalue weighted by molar-refractivity contribution is 7.17. The second-order valence-corrected chi connectivity index (χ2v) is 8.25. The Hall–Kier alpha value is -2.25. The molecule has 0 unspecified atom stereocenters. The van der Waals surface area contributed by atoms with Crippen LogP contribution in [-0.2, 0) is 0 Å². The minimum atomic E-state index is -0.639. The van der Waals surface area contributed by atoms with E-state index in [0.29, 0.717) is 29.3 Å². The Morgan fingerprint density at radius 2 is 2.12 bits per heavy atom. The zero-order valence-electron chi connectivity index (χ0n) is 14.9. The van der Waals surface area contributed by atoms with E-state index in [9.17, 15) is 10.2 Å². The van der Waals surface area contributed by atoms with E-state index in [1.54, 1.807) is 11.3 Å². The highest BCUT2D eigenvalue weighted by Gasteiger charge is 2.30. The van der Waals surface area contributed by atoms with Gasteiger partial charge in [-0.05, 0) is 63.1 Å². The van der Waals surface area contributed by atoms with Crippen LogP contribution < -0.4 is 5.32 Å². The topological polar surface area (TPSA) is 91.2 Å². The zero-order valence-corrected chi connectivity index (χ0v) is 15.7. The van der Waals surface area contributed by atoms with Crippen molar-refractivity contribution in [2.24, 2.45) is 0 Å². The Morgan fingerprint density at radius 1 is 1.27 bits per heavy atom. The van der Waals surface area contributed by atoms with Crippen molar-refractivity contribution in [1.29, 1.82) is 0 Å². The number of nitrogens with zero attached hydrogens (tertiary/aromatic N) is 3. The van der Waals surface area contributed by atoms with E-state index in [1.165, 1.54) is 0 Å². The molecule has 2 atom stereocenters. The first-order chi connectivity index (χ1) is 12.4. The van der Waals surface area contributed by atoms with E-state index in [2.05, 4.69) is 20.5 Å². The largest absolute Gasteiger partial charge is 0.507 e. The quantitative estimate of drug-likeness (QED) is 0.648. The van der Waals surface area contributed by atoms with Gasteiger partial charge in [-0.25, -0.2) is 4.98 Å². The van der Waals surface area contributed by atoms with Gasteiger partial charge in [0.1, 0.15) is 11.4 Å². The molecule has 0 amide bonds. The van der Waals surface area contributed by atoms with Gasteiger partial charge in [0.25, 0.3) is 0 Å². The van der Waals surface area contributed by atoms with Gasteiger partial charge in [0, 0.05) is 21.7 Å². The van der Waals surface area contributed by atoms with E-state index < -0.39 is 5.60 Å². The van der Waals surface area contributed by atoms with Crippen molar-refractivity contribution in [1.82, 2.24) is 15.2 Å². The second kappa shape index (κ2) is 6.48. The van der Waals surface area contributed by atoms with Crippen LogP contribution >= 0.6 is 11.3 Å². The number of hydrogen-bond acceptors (Lipinski definition) is 7. The molecule has 1 saturated carbocycles. The molecule has 26 heavy (non-hydrogen) atoms. The molecule has 3 aromatic rings. The summed E-state index contributed by atoms with van der Waals surface area (Å²) in [6.07, 6.45) is 3.46. The molecule has 3 N–H and O–H groups in total. The average Bonchev–Trinajstić information content (AvgIpc) is 3.05. The van der Waals surface area contributed by atoms with Crippen molar-refractivity contribution in [3.63, 3.8) is 0 Å². The fraction of sp³-hybridized carbons (Fsp3) is 0.421. The Kier molecular flexibility index (Phi) is 4.28. The molecule has 7 heteroatoms. The van der Waals surface area contributed by atoms with Crippen molar-refractivity contribution in [2.75, 3.05) is 5.32 Å². The molecule has 0 aliphatic heterocycles. The zero-order chi connectivity index (χ0) is 18.3. The SMILES string of the molecule is Cc1nc(N[C@@H]2CCC[C@](C)(O)C2)nnc1-c1ccc2sccc2c1O. The number of thiophene rings is 1. The standard InChI is InChI=1S/C19H22N4O2S/c1-11-16(14-5-6-15-13(17(14)24)7-9-26-15)22-23-18(20-11)21-12-4-3-8-19(2,25)10-12/h5-7,9,12,24-25H,3-4,8,10H2,1-2H3,(H,20,21,23)/t12-,19+/m1/s1. The van der Waals surface area contributed by atoms with Gasteiger partial charge >= 0.3 is 0 Å². The van der Waals surface area contributed by atoms with Crippen molar-refractivity contribution in [3.05, 3.63) is 29.3 Å². The summed E-state index contributed by atoms with van der Waals surface area (Å²) in [4.78, 5) is 4.53. The van der Waals surface area contributed by atoms with Crippen LogP contribution in [0.2, 0.25) is 0 Å². The van der Waals surface area contributed by atoms with Gasteiger partial charge in [0.05, 0.1) is 11.3 Å². The summed E-state index contributed by atoms with van der Waals surface area (Å²) in [5, 5.41) is 35.4. The van der Waals surface area contributed by atoms with Crippen molar-refractivity contribution in [2.45, 2.75) is 51.2 Å². The number of phenolic OH excluding ortho intramolecular Hbond substituents is 1. The van der Waals surface area contributed by atoms with Crippen LogP contribution in [0.3, 0.4) is 0 Å². The van der Waals surface area contributed by atoms with Crippen LogP contribution in [-0.4, -0.2) is 37.0 Å². The lowest BCUT2D eigenvalue weighted by molar-refractivity contribution is 0.0181. The predicted octanol–water partition coefficient (Wildman–Crippen LogP) is 3.87. The van der Waals surface area contributed by atoms with Crippen molar-refractivity contribution < 1.29 is 10.2 Å². The fourth-order valence-electron chi connectivity index (χ4n) is 3.70. The molecule has 1 fully saturated rings. The van der Waals surface area contributed by atoms with Gasteiger partial charge in [0.2, 0.25) is 5.95 Å². The monoisotopic (exact) mass is 370 g/mol. The number of rotatable bonds is 3. The molecular weight excluding hydrogens is 348 g/mol. The normalized spacial score (nSPS) is 23.3. The van der Waals surface area contributed by atoms with E-state index in [-0.39, 0.29) is 11.8 Å². The molecule has 136 valence electrons. The third-order valence-corrected chi connectivity index (χ3v) is 5.89. The summed E-state index contributed by atoms with van der Waals surface area (Å²) in [6.45, 7) is 3.74. The first-order valence-corrected chi connectivity index (χ1v) is 9.71. The molecule has 1 aliphatic carbocycles. The lowest BCUT2D eigenvalue weighted by atomic mass is 9.83. The number of aromatic hydroxyl groups is 1. The first-order valence-electron chi connectivity index (χ1n) is 8.83. The van der Waals surface area contributed by atoms with Crippen LogP contribution in [0, 0.1) is 6.92 Å². The summed E-state index contributed by atoms with van der Waals surface area (Å²) in [7, 11) is 0. The third kappa shape index (κ3) is 3.24. The molecule has 0 saturated heterocycles. The molecule has 4 rings (SSSR count). The van der Waals surface area contributed by atoms with Gasteiger partial charge in [-0.1, -0.05) is 0 Å². The number of benzene rings is 1. The molecule has 0 radical (unpaired) electrons. The molecular formula is C19H22N4O2S. The van der Waals surface area contributed by atoms with Gasteiger partial charge in [-0.15, -0.1) is 21.5 Å². The van der Waals surface area contributed by atoms with Gasteiger partial charge < -0.3 is 15.5 Å². The smallest absolute Gasteiger partial charge is 0.243 e. The summed E-state index contributed by atoms with van der Waals surface area (Å²) in [6, 6.07) is 5.88. The number of nitrogens with one attached hydrogen (secondary N) is 1. The van der Waals surface area contributed by atoms with Crippen LogP contribution in [0.5, 0.6) is 5.75 Å². The minimum absolute atomic E-state index is 0.140. The van der Waals surface area contributed by atoms with E-state index in [0.717, 1.165) is 29.3 Å². The molecule has 2 aromatic heterocycles. The maximum atomic E-state index is 10.6. The summed E-state index contributed by atoms with van der Waals surface area (Å²) in [5.41, 5.74) is 1.28. The summed E-state index contributed by atoms with van der Waals surface area (Å²) < 4.78 is 1.03. The summed E-state index contributed by atoms with van der Waals surface area (Å²) in [5.74, 6) is 0.678. The maximum Gasteiger partial charge on any atom is 0.243 e. The van der Waals surface area contributed by atoms with Crippen LogP contribution in [0.4, 0.5) is 5.95 Å². The lowest BCUT2D eigenvalue weighted by Gasteiger charge is -2.34. The van der Waals surface area contributed by atoms with E-state index in [4.69, 9.17) is 0 Å². The number of aromatic nitrogens is 3. The average molecular weight is 370 g/mol. The van der Waals surface area contributed by atoms with E-state index >= 15 is 0 Å². The number of anilines is 1. The minimum Gasteiger partial charge on any atom is -0.507 e. The lowest BCUT2D eigenvalue weighted by Crippen LogP contribution is -2.38. The van der Waals surface area contributed by atoms with Crippen molar-refractivity contribution >= 4 is 27.4 Å². The predicted molar refractivity (Wildman–Crippen MR) is 104 cm³/mol. The fourth-order valence-corrected chi connectivity index (χ4v) is 4.49. The van der Waals surface area contributed by atoms with Crippen molar-refractivity contribution in [3.8, 4) is 17.0 Å². The number of aliphatic hydroxyl groups is 1. The summed E-state index contributed by atoms with van der Waals surface area (Å²) >= 11 is 1.59. The van der Waals surface area contributed by atoms with E-state index in [1.807, 2.05) is 37.4 Å². The Labute approximate surface area is 155 Å². The second-order valence-electron chi connectivity index (χ2n) is 7.30. The molecule has 0 bridgehead atoms. The molecule has 1 aromatic carbocycles. The maximum absolute atomic E-state index is 10.6. The Bertz CT molecular complexity index is 954. The number of hydrogen-bond donors (Lipinski definition) is 3. The molecule has 1 aliphatic rings. The van der Waals surface area contributed by atoms with Crippen LogP contribution in [0.1, 0.15) is 38.3 Å². The Morgan fingerprint density at radius 3 is 2.88 bits per heavy atom. The first kappa shape index (κ1) is 17.2. The molecule has 6 nitrogen and oxygen atoms in total. The van der Waals surface area contributed by atoms with Gasteiger partial charge in [0.15, 0.2) is 0 Å². The number of phenols is 1. The van der Waals surface area contributed by atoms with Gasteiger partial charge in [-0.3, -0.25) is 0 Å². The third-order valence-electron chi connectivity index (χ3n) is 5.01. The number of aryl methyl sites for hydroxylation is 1. The van der Waals surface area contributed by atoms with Gasteiger partial charge in [-0.2, -0.15) is 0 Å². The highest BCUT2D eigenvalue weighted by Crippen LogP contribution is 2.38. The highest BCUT2D eigenvalue weighted by atomic mass is 32.1.